The number of ether oxygens (including phenoxy) is 1. The molecule has 2 aromatic carbocycles. The van der Waals surface area contributed by atoms with Crippen molar-refractivity contribution in [3.05, 3.63) is 59.7 Å². The standard InChI is InChI=1S/C24H29N3O2S/c25-23(17-5-1-2-6-17)21-7-3-4-8-22(21)27-30-20-11-9-18(10-12-20)24(28)26-19-13-15-29-16-14-19/h3-4,7-12,17,19,25,27H,1-2,5-6,13-16H2,(H,26,28). The molecule has 158 valence electrons. The Bertz CT molecular complexity index is 872. The van der Waals surface area contributed by atoms with E-state index in [1.807, 2.05) is 48.5 Å². The predicted octanol–water partition coefficient (Wildman–Crippen LogP) is 5.27. The van der Waals surface area contributed by atoms with Gasteiger partial charge in [-0.25, -0.2) is 0 Å². The quantitative estimate of drug-likeness (QED) is 0.419. The van der Waals surface area contributed by atoms with Crippen LogP contribution in [-0.2, 0) is 4.74 Å². The third kappa shape index (κ3) is 5.24. The Morgan fingerprint density at radius 1 is 0.967 bits per heavy atom. The van der Waals surface area contributed by atoms with Crippen molar-refractivity contribution in [1.82, 2.24) is 5.32 Å². The molecule has 0 spiro atoms. The van der Waals surface area contributed by atoms with Gasteiger partial charge >= 0.3 is 0 Å². The van der Waals surface area contributed by atoms with Gasteiger partial charge in [0.15, 0.2) is 0 Å². The maximum atomic E-state index is 12.5. The van der Waals surface area contributed by atoms with E-state index in [0.29, 0.717) is 24.7 Å². The zero-order chi connectivity index (χ0) is 20.8. The lowest BCUT2D eigenvalue weighted by atomic mass is 9.94. The molecule has 0 unspecified atom stereocenters. The van der Waals surface area contributed by atoms with Crippen LogP contribution < -0.4 is 10.0 Å². The number of carbonyl (C=O) groups is 1. The molecule has 3 N–H and O–H groups in total. The normalized spacial score (nSPS) is 17.6. The van der Waals surface area contributed by atoms with Gasteiger partial charge in [-0.3, -0.25) is 4.79 Å². The second-order valence-electron chi connectivity index (χ2n) is 8.03. The van der Waals surface area contributed by atoms with Gasteiger partial charge in [-0.15, -0.1) is 0 Å². The van der Waals surface area contributed by atoms with Gasteiger partial charge in [0.05, 0.1) is 5.69 Å². The molecule has 4 rings (SSSR count). The van der Waals surface area contributed by atoms with Gasteiger partial charge in [0.2, 0.25) is 0 Å². The molecule has 2 aliphatic rings. The van der Waals surface area contributed by atoms with Crippen molar-refractivity contribution < 1.29 is 9.53 Å². The summed E-state index contributed by atoms with van der Waals surface area (Å²) >= 11 is 1.51. The number of rotatable bonds is 7. The summed E-state index contributed by atoms with van der Waals surface area (Å²) in [5, 5.41) is 11.7. The highest BCUT2D eigenvalue weighted by atomic mass is 32.2. The molecule has 2 fully saturated rings. The molecule has 6 heteroatoms. The van der Waals surface area contributed by atoms with E-state index < -0.39 is 0 Å². The van der Waals surface area contributed by atoms with Gasteiger partial charge in [-0.1, -0.05) is 31.0 Å². The molecule has 0 aromatic heterocycles. The predicted molar refractivity (Wildman–Crippen MR) is 122 cm³/mol. The molecule has 30 heavy (non-hydrogen) atoms. The van der Waals surface area contributed by atoms with E-state index in [4.69, 9.17) is 10.1 Å². The first kappa shape index (κ1) is 20.9. The van der Waals surface area contributed by atoms with E-state index >= 15 is 0 Å². The molecular formula is C24H29N3O2S. The molecule has 1 aliphatic carbocycles. The van der Waals surface area contributed by atoms with E-state index in [-0.39, 0.29) is 11.9 Å². The molecule has 2 aromatic rings. The summed E-state index contributed by atoms with van der Waals surface area (Å²) in [6, 6.07) is 15.9. The number of para-hydroxylation sites is 1. The second-order valence-corrected chi connectivity index (χ2v) is 8.91. The van der Waals surface area contributed by atoms with Gasteiger partial charge in [0, 0.05) is 46.9 Å². The minimum absolute atomic E-state index is 0.0261. The molecule has 1 heterocycles. The molecule has 0 radical (unpaired) electrons. The van der Waals surface area contributed by atoms with Crippen LogP contribution in [0.15, 0.2) is 53.4 Å². The van der Waals surface area contributed by atoms with Crippen LogP contribution in [0.5, 0.6) is 0 Å². The smallest absolute Gasteiger partial charge is 0.251 e. The number of hydrogen-bond acceptors (Lipinski definition) is 5. The Morgan fingerprint density at radius 2 is 1.67 bits per heavy atom. The summed E-state index contributed by atoms with van der Waals surface area (Å²) in [6.07, 6.45) is 6.45. The second kappa shape index (κ2) is 10.1. The van der Waals surface area contributed by atoms with Gasteiger partial charge in [0.25, 0.3) is 5.91 Å². The van der Waals surface area contributed by atoms with E-state index in [2.05, 4.69) is 10.0 Å². The zero-order valence-corrected chi connectivity index (χ0v) is 18.0. The Hall–Kier alpha value is -2.31. The summed E-state index contributed by atoms with van der Waals surface area (Å²) in [7, 11) is 0. The first-order valence-corrected chi connectivity index (χ1v) is 11.6. The summed E-state index contributed by atoms with van der Waals surface area (Å²) < 4.78 is 8.75. The fourth-order valence-electron chi connectivity index (χ4n) is 4.14. The van der Waals surface area contributed by atoms with E-state index in [1.54, 1.807) is 0 Å². The van der Waals surface area contributed by atoms with E-state index in [0.717, 1.165) is 47.5 Å². The molecular weight excluding hydrogens is 394 g/mol. The summed E-state index contributed by atoms with van der Waals surface area (Å²) in [6.45, 7) is 1.43. The number of hydrogen-bond donors (Lipinski definition) is 3. The lowest BCUT2D eigenvalue weighted by molar-refractivity contribution is 0.0696. The monoisotopic (exact) mass is 423 g/mol. The van der Waals surface area contributed by atoms with Crippen molar-refractivity contribution in [2.75, 3.05) is 17.9 Å². The molecule has 5 nitrogen and oxygen atoms in total. The number of amides is 1. The summed E-state index contributed by atoms with van der Waals surface area (Å²) in [4.78, 5) is 13.5. The largest absolute Gasteiger partial charge is 0.381 e. The Morgan fingerprint density at radius 3 is 2.40 bits per heavy atom. The Labute approximate surface area is 182 Å². The maximum absolute atomic E-state index is 12.5. The zero-order valence-electron chi connectivity index (χ0n) is 17.2. The average Bonchev–Trinajstić information content (AvgIpc) is 3.33. The van der Waals surface area contributed by atoms with Crippen molar-refractivity contribution >= 4 is 29.3 Å². The fourth-order valence-corrected chi connectivity index (χ4v) is 4.82. The number of anilines is 1. The molecule has 1 amide bonds. The van der Waals surface area contributed by atoms with Crippen LogP contribution in [0, 0.1) is 11.3 Å². The highest BCUT2D eigenvalue weighted by Crippen LogP contribution is 2.32. The third-order valence-corrected chi connectivity index (χ3v) is 6.76. The van der Waals surface area contributed by atoms with Crippen LogP contribution in [-0.4, -0.2) is 30.9 Å². The minimum Gasteiger partial charge on any atom is -0.381 e. The van der Waals surface area contributed by atoms with Crippen molar-refractivity contribution in [3.63, 3.8) is 0 Å². The first-order valence-electron chi connectivity index (χ1n) is 10.8. The lowest BCUT2D eigenvalue weighted by Gasteiger charge is -2.23. The van der Waals surface area contributed by atoms with Gasteiger partial charge in [0.1, 0.15) is 0 Å². The van der Waals surface area contributed by atoms with Gasteiger partial charge in [-0.05, 0) is 68.0 Å². The molecule has 0 atom stereocenters. The number of benzene rings is 2. The van der Waals surface area contributed by atoms with E-state index in [1.165, 1.54) is 24.8 Å². The maximum Gasteiger partial charge on any atom is 0.251 e. The van der Waals surface area contributed by atoms with Crippen molar-refractivity contribution in [1.29, 1.82) is 5.41 Å². The third-order valence-electron chi connectivity index (χ3n) is 5.93. The van der Waals surface area contributed by atoms with Crippen LogP contribution in [0.3, 0.4) is 0 Å². The van der Waals surface area contributed by atoms with Gasteiger partial charge < -0.3 is 20.2 Å². The van der Waals surface area contributed by atoms with Crippen LogP contribution >= 0.6 is 11.9 Å². The highest BCUT2D eigenvalue weighted by molar-refractivity contribution is 8.00. The highest BCUT2D eigenvalue weighted by Gasteiger charge is 2.22. The SMILES string of the molecule is N=C(c1ccccc1NSc1ccc(C(=O)NC2CCOCC2)cc1)C1CCCC1. The van der Waals surface area contributed by atoms with E-state index in [9.17, 15) is 4.79 Å². The molecule has 1 saturated heterocycles. The van der Waals surface area contributed by atoms with Gasteiger partial charge in [-0.2, -0.15) is 0 Å². The molecule has 1 aliphatic heterocycles. The fraction of sp³-hybridized carbons (Fsp3) is 0.417. The minimum atomic E-state index is -0.0261. The first-order chi connectivity index (χ1) is 14.7. The average molecular weight is 424 g/mol. The van der Waals surface area contributed by atoms with Crippen molar-refractivity contribution in [2.45, 2.75) is 49.5 Å². The van der Waals surface area contributed by atoms with Crippen LogP contribution in [0.2, 0.25) is 0 Å². The lowest BCUT2D eigenvalue weighted by Crippen LogP contribution is -2.38. The summed E-state index contributed by atoms with van der Waals surface area (Å²) in [5.41, 5.74) is 3.38. The Balaban J connectivity index is 1.35. The van der Waals surface area contributed by atoms with Crippen LogP contribution in [0.1, 0.15) is 54.4 Å². The topological polar surface area (TPSA) is 74.2 Å². The summed E-state index contributed by atoms with van der Waals surface area (Å²) in [5.74, 6) is 0.355. The molecule has 1 saturated carbocycles. The van der Waals surface area contributed by atoms with Crippen LogP contribution in [0.25, 0.3) is 0 Å². The molecule has 0 bridgehead atoms. The van der Waals surface area contributed by atoms with Crippen LogP contribution in [0.4, 0.5) is 5.69 Å². The Kier molecular flexibility index (Phi) is 7.07. The number of carbonyl (C=O) groups excluding carboxylic acids is 1. The number of nitrogens with one attached hydrogen (secondary N) is 3. The van der Waals surface area contributed by atoms with Crippen molar-refractivity contribution in [3.8, 4) is 0 Å². The van der Waals surface area contributed by atoms with Crippen molar-refractivity contribution in [2.24, 2.45) is 5.92 Å².